The van der Waals surface area contributed by atoms with Crippen molar-refractivity contribution in [2.45, 2.75) is 101 Å². The maximum absolute atomic E-state index is 14.1. The van der Waals surface area contributed by atoms with Crippen LogP contribution in [0.3, 0.4) is 0 Å². The molecule has 3 rings (SSSR count). The zero-order valence-corrected chi connectivity index (χ0v) is 27.8. The number of amides is 3. The Hall–Kier alpha value is -3.36. The number of thioether (sulfide) groups is 1. The van der Waals surface area contributed by atoms with Gasteiger partial charge in [-0.2, -0.15) is 11.8 Å². The number of benzene rings is 1. The van der Waals surface area contributed by atoms with Crippen LogP contribution in [0.15, 0.2) is 40.6 Å². The van der Waals surface area contributed by atoms with Gasteiger partial charge in [0.05, 0.1) is 40.5 Å². The Balaban J connectivity index is 1.82. The summed E-state index contributed by atoms with van der Waals surface area (Å²) in [5, 5.41) is 51.4. The summed E-state index contributed by atoms with van der Waals surface area (Å²) in [4.78, 5) is 38.2. The molecule has 250 valence electrons. The first-order valence-corrected chi connectivity index (χ1v) is 16.4. The second-order valence-corrected chi connectivity index (χ2v) is 14.3. The number of carboxylic acids is 1. The van der Waals surface area contributed by atoms with Gasteiger partial charge in [0.2, 0.25) is 5.91 Å². The molecule has 1 aromatic rings. The molecule has 0 aliphatic carbocycles. The predicted octanol–water partition coefficient (Wildman–Crippen LogP) is 2.73. The highest BCUT2D eigenvalue weighted by atomic mass is 32.2. The second-order valence-electron chi connectivity index (χ2n) is 13.0. The molecule has 14 heteroatoms. The molecular weight excluding hydrogens is 598 g/mol. The topological polar surface area (TPSA) is 197 Å². The number of hydrogen-bond acceptors (Lipinski definition) is 10. The maximum atomic E-state index is 14.1. The van der Waals surface area contributed by atoms with E-state index in [0.717, 1.165) is 11.3 Å². The lowest BCUT2D eigenvalue weighted by atomic mass is 9.83. The van der Waals surface area contributed by atoms with Crippen LogP contribution >= 0.6 is 11.8 Å². The molecule has 0 radical (unpaired) electrons. The van der Waals surface area contributed by atoms with E-state index in [1.807, 2.05) is 58.0 Å². The van der Waals surface area contributed by atoms with E-state index in [1.54, 1.807) is 25.6 Å². The summed E-state index contributed by atoms with van der Waals surface area (Å²) in [5.74, 6) is -1.86. The molecule has 2 aliphatic rings. The molecule has 2 saturated heterocycles. The molecular formula is C31H49N7O6S. The Morgan fingerprint density at radius 1 is 1.00 bits per heavy atom. The number of urea groups is 1. The molecule has 5 atom stereocenters. The van der Waals surface area contributed by atoms with Crippen LogP contribution in [0, 0.1) is 5.92 Å². The van der Waals surface area contributed by atoms with Gasteiger partial charge < -0.3 is 42.1 Å². The normalized spacial score (nSPS) is 22.6. The minimum Gasteiger partial charge on any atom is -0.480 e. The molecule has 0 spiro atoms. The second kappa shape index (κ2) is 15.8. The van der Waals surface area contributed by atoms with Crippen molar-refractivity contribution in [1.29, 1.82) is 0 Å². The Morgan fingerprint density at radius 2 is 1.58 bits per heavy atom. The molecule has 8 N–H and O–H groups in total. The molecule has 1 aromatic carbocycles. The molecule has 0 aromatic heterocycles. The van der Waals surface area contributed by atoms with E-state index in [-0.39, 0.29) is 29.8 Å². The van der Waals surface area contributed by atoms with Crippen molar-refractivity contribution in [1.82, 2.24) is 26.6 Å². The van der Waals surface area contributed by atoms with Crippen molar-refractivity contribution in [3.8, 4) is 0 Å². The van der Waals surface area contributed by atoms with E-state index in [1.165, 1.54) is 0 Å². The first-order valence-electron chi connectivity index (χ1n) is 15.3. The summed E-state index contributed by atoms with van der Waals surface area (Å²) in [6.07, 6.45) is 1.53. The van der Waals surface area contributed by atoms with Crippen molar-refractivity contribution in [3.05, 3.63) is 35.9 Å². The standard InChI is InChI=1S/C31H49N7O6S/c1-18(37-43)30(3,4)32-15-21(16-33-31(5,6)19(2)38-44)25(20-11-8-7-9-12-20)27(39)34-22(28(40)41)13-10-14-24-26-23(17-45-24)35-29(42)36-26/h7-9,11-12,21-26,32-33,43-44H,10,13-17H2,1-6H3,(H,34,39)(H,40,41)(H2,35,36,42)/t21?,22?,23-,24-,25?,26-/m0/s1. The molecule has 3 amide bonds. The fourth-order valence-corrected chi connectivity index (χ4v) is 7.11. The van der Waals surface area contributed by atoms with E-state index < -0.39 is 40.8 Å². The lowest BCUT2D eigenvalue weighted by Gasteiger charge is -2.35. The van der Waals surface area contributed by atoms with Crippen LogP contribution in [0.1, 0.15) is 72.3 Å². The molecule has 2 fully saturated rings. The van der Waals surface area contributed by atoms with Gasteiger partial charge in [-0.25, -0.2) is 9.59 Å². The van der Waals surface area contributed by atoms with Gasteiger partial charge in [0.1, 0.15) is 6.04 Å². The fourth-order valence-electron chi connectivity index (χ4n) is 5.57. The van der Waals surface area contributed by atoms with E-state index in [4.69, 9.17) is 0 Å². The maximum Gasteiger partial charge on any atom is 0.326 e. The van der Waals surface area contributed by atoms with Gasteiger partial charge >= 0.3 is 12.0 Å². The van der Waals surface area contributed by atoms with E-state index >= 15 is 0 Å². The molecule has 2 unspecified atom stereocenters. The third-order valence-electron chi connectivity index (χ3n) is 9.17. The third kappa shape index (κ3) is 9.57. The smallest absolute Gasteiger partial charge is 0.326 e. The Bertz CT molecular complexity index is 1210. The van der Waals surface area contributed by atoms with Crippen LogP contribution in [0.5, 0.6) is 0 Å². The quantitative estimate of drug-likeness (QED) is 0.0543. The number of nitrogens with zero attached hydrogens (tertiary/aromatic N) is 2. The van der Waals surface area contributed by atoms with E-state index in [0.29, 0.717) is 37.4 Å². The molecule has 45 heavy (non-hydrogen) atoms. The van der Waals surface area contributed by atoms with Crippen LogP contribution in [0.25, 0.3) is 0 Å². The minimum absolute atomic E-state index is 0.0242. The van der Waals surface area contributed by atoms with E-state index in [2.05, 4.69) is 36.9 Å². The largest absolute Gasteiger partial charge is 0.480 e. The first-order chi connectivity index (χ1) is 21.2. The number of carbonyl (C=O) groups is 3. The van der Waals surface area contributed by atoms with Crippen molar-refractivity contribution >= 4 is 41.1 Å². The van der Waals surface area contributed by atoms with Gasteiger partial charge in [-0.1, -0.05) is 40.6 Å². The SMILES string of the molecule is CC(=NO)C(C)(C)NCC(CNC(C)(C)C(C)=NO)C(C(=O)NC(CCC[C@@H]1SC[C@@H]2NC(=O)N[C@@H]21)C(=O)O)c1ccccc1. The van der Waals surface area contributed by atoms with Gasteiger partial charge in [-0.05, 0) is 72.3 Å². The highest BCUT2D eigenvalue weighted by molar-refractivity contribution is 8.00. The minimum atomic E-state index is -1.11. The summed E-state index contributed by atoms with van der Waals surface area (Å²) < 4.78 is 0. The lowest BCUT2D eigenvalue weighted by Crippen LogP contribution is -2.54. The first kappa shape index (κ1) is 36.1. The highest BCUT2D eigenvalue weighted by Gasteiger charge is 2.43. The predicted molar refractivity (Wildman–Crippen MR) is 176 cm³/mol. The van der Waals surface area contributed by atoms with Crippen molar-refractivity contribution in [3.63, 3.8) is 0 Å². The molecule has 2 heterocycles. The van der Waals surface area contributed by atoms with Gasteiger partial charge in [-0.3, -0.25) is 4.79 Å². The number of oxime groups is 2. The average Bonchev–Trinajstić information content (AvgIpc) is 3.56. The Morgan fingerprint density at radius 3 is 2.11 bits per heavy atom. The van der Waals surface area contributed by atoms with Crippen molar-refractivity contribution in [2.75, 3.05) is 18.8 Å². The number of nitrogens with one attached hydrogen (secondary N) is 5. The van der Waals surface area contributed by atoms with Gasteiger partial charge in [0.25, 0.3) is 0 Å². The third-order valence-corrected chi connectivity index (χ3v) is 10.7. The number of carboxylic acid groups (broad SMARTS) is 1. The average molecular weight is 648 g/mol. The summed E-state index contributed by atoms with van der Waals surface area (Å²) in [5.41, 5.74) is 0.255. The fraction of sp³-hybridized carbons (Fsp3) is 0.645. The van der Waals surface area contributed by atoms with Gasteiger partial charge in [0, 0.05) is 24.1 Å². The molecule has 0 saturated carbocycles. The number of aliphatic carboxylic acids is 1. The van der Waals surface area contributed by atoms with Crippen LogP contribution in [-0.2, 0) is 9.59 Å². The van der Waals surface area contributed by atoms with Crippen LogP contribution in [0.4, 0.5) is 4.79 Å². The van der Waals surface area contributed by atoms with Crippen LogP contribution in [-0.4, -0.2) is 98.1 Å². The van der Waals surface area contributed by atoms with Crippen LogP contribution < -0.4 is 26.6 Å². The summed E-state index contributed by atoms with van der Waals surface area (Å²) >= 11 is 1.76. The number of fused-ring (bicyclic) bond motifs is 1. The molecule has 2 aliphatic heterocycles. The Labute approximate surface area is 269 Å². The number of rotatable bonds is 17. The van der Waals surface area contributed by atoms with Gasteiger partial charge in [0.15, 0.2) is 0 Å². The zero-order chi connectivity index (χ0) is 33.4. The number of hydrogen-bond donors (Lipinski definition) is 8. The van der Waals surface area contributed by atoms with Gasteiger partial charge in [-0.15, -0.1) is 0 Å². The van der Waals surface area contributed by atoms with Crippen molar-refractivity contribution in [2.24, 2.45) is 16.2 Å². The highest BCUT2D eigenvalue weighted by Crippen LogP contribution is 2.33. The summed E-state index contributed by atoms with van der Waals surface area (Å²) in [6, 6.07) is 8.08. The van der Waals surface area contributed by atoms with E-state index in [9.17, 15) is 29.9 Å². The lowest BCUT2D eigenvalue weighted by molar-refractivity contribution is -0.142. The zero-order valence-electron chi connectivity index (χ0n) is 27.0. The monoisotopic (exact) mass is 647 g/mol. The summed E-state index contributed by atoms with van der Waals surface area (Å²) in [6.45, 7) is 11.5. The Kier molecular flexibility index (Phi) is 12.7. The number of carbonyl (C=O) groups excluding carboxylic acids is 2. The molecule has 13 nitrogen and oxygen atoms in total. The van der Waals surface area contributed by atoms with Crippen molar-refractivity contribution < 1.29 is 29.9 Å². The van der Waals surface area contributed by atoms with Crippen LogP contribution in [0.2, 0.25) is 0 Å². The summed E-state index contributed by atoms with van der Waals surface area (Å²) in [7, 11) is 0. The molecule has 0 bridgehead atoms.